The van der Waals surface area contributed by atoms with Gasteiger partial charge in [-0.3, -0.25) is 4.79 Å². The van der Waals surface area contributed by atoms with Gasteiger partial charge in [0.15, 0.2) is 0 Å². The van der Waals surface area contributed by atoms with Crippen LogP contribution in [-0.4, -0.2) is 18.6 Å². The van der Waals surface area contributed by atoms with Crippen molar-refractivity contribution in [3.63, 3.8) is 0 Å². The molecule has 25 heavy (non-hydrogen) atoms. The summed E-state index contributed by atoms with van der Waals surface area (Å²) in [6.07, 6.45) is 0. The third-order valence-electron chi connectivity index (χ3n) is 3.55. The van der Waals surface area contributed by atoms with Gasteiger partial charge in [0.1, 0.15) is 18.1 Å². The highest BCUT2D eigenvalue weighted by molar-refractivity contribution is 6.31. The second-order valence-electron chi connectivity index (χ2n) is 6.93. The van der Waals surface area contributed by atoms with Gasteiger partial charge >= 0.3 is 0 Å². The molecule has 0 aliphatic heterocycles. The van der Waals surface area contributed by atoms with E-state index in [1.54, 1.807) is 31.4 Å². The molecule has 0 aromatic heterocycles. The fourth-order valence-electron chi connectivity index (χ4n) is 2.31. The number of carbonyl (C=O) groups excluding carboxylic acids is 1. The van der Waals surface area contributed by atoms with E-state index in [1.807, 2.05) is 39.8 Å². The molecular weight excluding hydrogens is 338 g/mol. The molecule has 4 nitrogen and oxygen atoms in total. The fourth-order valence-corrected chi connectivity index (χ4v) is 2.43. The first-order valence-corrected chi connectivity index (χ1v) is 8.46. The molecule has 2 aromatic carbocycles. The first kappa shape index (κ1) is 19.1. The molecule has 134 valence electrons. The van der Waals surface area contributed by atoms with E-state index in [1.165, 1.54) is 0 Å². The molecule has 0 aliphatic carbocycles. The molecular formula is C20H24ClNO3. The Morgan fingerprint density at radius 1 is 1.16 bits per heavy atom. The van der Waals surface area contributed by atoms with Crippen LogP contribution in [0.25, 0.3) is 0 Å². The lowest BCUT2D eigenvalue weighted by molar-refractivity contribution is 0.0919. The number of methoxy groups -OCH3 is 1. The van der Waals surface area contributed by atoms with E-state index in [0.29, 0.717) is 28.7 Å². The molecule has 5 heteroatoms. The molecule has 0 spiro atoms. The summed E-state index contributed by atoms with van der Waals surface area (Å²) >= 11 is 6.03. The Hall–Kier alpha value is -2.20. The van der Waals surface area contributed by atoms with E-state index in [0.717, 1.165) is 11.1 Å². The highest BCUT2D eigenvalue weighted by Crippen LogP contribution is 2.25. The molecule has 0 heterocycles. The minimum Gasteiger partial charge on any atom is -0.496 e. The number of amides is 1. The van der Waals surface area contributed by atoms with Crippen molar-refractivity contribution < 1.29 is 14.3 Å². The van der Waals surface area contributed by atoms with Crippen molar-refractivity contribution in [2.75, 3.05) is 7.11 Å². The summed E-state index contributed by atoms with van der Waals surface area (Å²) in [6, 6.07) is 10.8. The van der Waals surface area contributed by atoms with Gasteiger partial charge in [0, 0.05) is 21.7 Å². The maximum Gasteiger partial charge on any atom is 0.251 e. The zero-order valence-corrected chi connectivity index (χ0v) is 16.0. The van der Waals surface area contributed by atoms with Crippen LogP contribution in [0, 0.1) is 6.92 Å². The summed E-state index contributed by atoms with van der Waals surface area (Å²) in [6.45, 7) is 8.05. The Morgan fingerprint density at radius 3 is 2.48 bits per heavy atom. The number of hydrogen-bond donors (Lipinski definition) is 1. The number of hydrogen-bond acceptors (Lipinski definition) is 3. The van der Waals surface area contributed by atoms with E-state index in [4.69, 9.17) is 21.1 Å². The Labute approximate surface area is 154 Å². The van der Waals surface area contributed by atoms with Crippen molar-refractivity contribution in [2.24, 2.45) is 0 Å². The summed E-state index contributed by atoms with van der Waals surface area (Å²) in [7, 11) is 1.60. The molecule has 0 bridgehead atoms. The number of aryl methyl sites for hydroxylation is 1. The highest BCUT2D eigenvalue weighted by atomic mass is 35.5. The zero-order chi connectivity index (χ0) is 18.6. The Kier molecular flexibility index (Phi) is 5.96. The average Bonchev–Trinajstić information content (AvgIpc) is 2.54. The number of halogens is 1. The van der Waals surface area contributed by atoms with Crippen molar-refractivity contribution in [1.82, 2.24) is 5.32 Å². The van der Waals surface area contributed by atoms with Crippen LogP contribution in [0.4, 0.5) is 0 Å². The quantitative estimate of drug-likeness (QED) is 0.834. The topological polar surface area (TPSA) is 47.6 Å². The maximum absolute atomic E-state index is 12.4. The number of carbonyl (C=O) groups is 1. The van der Waals surface area contributed by atoms with Gasteiger partial charge in [-0.1, -0.05) is 11.6 Å². The normalized spacial score (nSPS) is 11.1. The monoisotopic (exact) mass is 361 g/mol. The molecule has 0 radical (unpaired) electrons. The number of benzene rings is 2. The minimum atomic E-state index is -0.297. The maximum atomic E-state index is 12.4. The van der Waals surface area contributed by atoms with Crippen LogP contribution >= 0.6 is 11.6 Å². The standard InChI is InChI=1S/C20H24ClNO3/c1-13-10-16(7-8-17(13)21)25-12-15-11-14(6-9-18(15)24-5)19(23)22-20(2,3)4/h6-11H,12H2,1-5H3,(H,22,23). The largest absolute Gasteiger partial charge is 0.496 e. The number of ether oxygens (including phenoxy) is 2. The minimum absolute atomic E-state index is 0.126. The van der Waals surface area contributed by atoms with Crippen molar-refractivity contribution in [2.45, 2.75) is 39.8 Å². The molecule has 0 saturated carbocycles. The highest BCUT2D eigenvalue weighted by Gasteiger charge is 2.17. The molecule has 1 amide bonds. The average molecular weight is 362 g/mol. The van der Waals surface area contributed by atoms with Gasteiger partial charge in [0.2, 0.25) is 0 Å². The predicted molar refractivity (Wildman–Crippen MR) is 101 cm³/mol. The predicted octanol–water partition coefficient (Wildman–Crippen LogP) is 4.76. The van der Waals surface area contributed by atoms with E-state index in [-0.39, 0.29) is 11.4 Å². The zero-order valence-electron chi connectivity index (χ0n) is 15.3. The van der Waals surface area contributed by atoms with E-state index in [9.17, 15) is 4.79 Å². The lowest BCUT2D eigenvalue weighted by Gasteiger charge is -2.21. The van der Waals surface area contributed by atoms with Gasteiger partial charge < -0.3 is 14.8 Å². The first-order valence-electron chi connectivity index (χ1n) is 8.08. The van der Waals surface area contributed by atoms with Crippen LogP contribution in [0.2, 0.25) is 5.02 Å². The Morgan fingerprint density at radius 2 is 1.88 bits per heavy atom. The third kappa shape index (κ3) is 5.40. The Bertz CT molecular complexity index is 766. The van der Waals surface area contributed by atoms with Gasteiger partial charge in [0.05, 0.1) is 7.11 Å². The van der Waals surface area contributed by atoms with Crippen molar-refractivity contribution >= 4 is 17.5 Å². The smallest absolute Gasteiger partial charge is 0.251 e. The molecule has 0 atom stereocenters. The first-order chi connectivity index (χ1) is 11.7. The van der Waals surface area contributed by atoms with Gasteiger partial charge in [0.25, 0.3) is 5.91 Å². The summed E-state index contributed by atoms with van der Waals surface area (Å²) < 4.78 is 11.2. The van der Waals surface area contributed by atoms with E-state index >= 15 is 0 Å². The van der Waals surface area contributed by atoms with Crippen molar-refractivity contribution in [3.05, 3.63) is 58.1 Å². The van der Waals surface area contributed by atoms with Crippen LogP contribution in [0.3, 0.4) is 0 Å². The van der Waals surface area contributed by atoms with Crippen LogP contribution in [0.15, 0.2) is 36.4 Å². The second kappa shape index (κ2) is 7.79. The van der Waals surface area contributed by atoms with Gasteiger partial charge in [-0.25, -0.2) is 0 Å². The van der Waals surface area contributed by atoms with E-state index < -0.39 is 0 Å². The van der Waals surface area contributed by atoms with Gasteiger partial charge in [-0.2, -0.15) is 0 Å². The molecule has 2 rings (SSSR count). The third-order valence-corrected chi connectivity index (χ3v) is 3.98. The van der Waals surface area contributed by atoms with Crippen molar-refractivity contribution in [3.8, 4) is 11.5 Å². The number of nitrogens with one attached hydrogen (secondary N) is 1. The van der Waals surface area contributed by atoms with Gasteiger partial charge in [-0.05, 0) is 69.7 Å². The SMILES string of the molecule is COc1ccc(C(=O)NC(C)(C)C)cc1COc1ccc(Cl)c(C)c1. The molecule has 0 saturated heterocycles. The molecule has 0 aliphatic rings. The Balaban J connectivity index is 2.19. The van der Waals surface area contributed by atoms with Crippen molar-refractivity contribution in [1.29, 1.82) is 0 Å². The lowest BCUT2D eigenvalue weighted by Crippen LogP contribution is -2.40. The number of rotatable bonds is 5. The van der Waals surface area contributed by atoms with Crippen LogP contribution in [-0.2, 0) is 6.61 Å². The molecule has 1 N–H and O–H groups in total. The summed E-state index contributed by atoms with van der Waals surface area (Å²) in [5.41, 5.74) is 2.02. The lowest BCUT2D eigenvalue weighted by atomic mass is 10.1. The van der Waals surface area contributed by atoms with Crippen LogP contribution in [0.1, 0.15) is 42.3 Å². The summed E-state index contributed by atoms with van der Waals surface area (Å²) in [5, 5.41) is 3.65. The molecule has 0 unspecified atom stereocenters. The van der Waals surface area contributed by atoms with E-state index in [2.05, 4.69) is 5.32 Å². The summed E-state index contributed by atoms with van der Waals surface area (Å²) in [5.74, 6) is 1.27. The van der Waals surface area contributed by atoms with Crippen LogP contribution < -0.4 is 14.8 Å². The second-order valence-corrected chi connectivity index (χ2v) is 7.34. The molecule has 2 aromatic rings. The fraction of sp³-hybridized carbons (Fsp3) is 0.350. The molecule has 0 fully saturated rings. The summed E-state index contributed by atoms with van der Waals surface area (Å²) in [4.78, 5) is 12.4. The van der Waals surface area contributed by atoms with Gasteiger partial charge in [-0.15, -0.1) is 0 Å². The van der Waals surface area contributed by atoms with Crippen LogP contribution in [0.5, 0.6) is 11.5 Å².